The number of amides is 2. The number of rotatable bonds is 6. The maximum atomic E-state index is 12.6. The summed E-state index contributed by atoms with van der Waals surface area (Å²) in [6, 6.07) is 12.3. The van der Waals surface area contributed by atoms with Gasteiger partial charge in [-0.1, -0.05) is 30.3 Å². The molecular formula is C19H16N2O5. The van der Waals surface area contributed by atoms with Crippen LogP contribution in [-0.2, 0) is 14.4 Å². The van der Waals surface area contributed by atoms with Gasteiger partial charge in [-0.2, -0.15) is 0 Å². The predicted octanol–water partition coefficient (Wildman–Crippen LogP) is 2.14. The first-order valence-electron chi connectivity index (χ1n) is 7.56. The molecule has 0 atom stereocenters. The third kappa shape index (κ3) is 4.02. The number of hydrogen-bond acceptors (Lipinski definition) is 4. The van der Waals surface area contributed by atoms with Crippen molar-refractivity contribution in [1.82, 2.24) is 0 Å². The molecule has 0 radical (unpaired) electrons. The number of carboxylic acids is 1. The molecule has 0 bridgehead atoms. The van der Waals surface area contributed by atoms with Crippen molar-refractivity contribution in [1.29, 1.82) is 0 Å². The highest BCUT2D eigenvalue weighted by atomic mass is 16.4. The Hall–Kier alpha value is -3.74. The summed E-state index contributed by atoms with van der Waals surface area (Å²) in [6.45, 7) is 1.10. The van der Waals surface area contributed by atoms with Crippen molar-refractivity contribution in [2.24, 2.45) is 5.73 Å². The number of hydrogen-bond donors (Lipinski definition) is 2. The van der Waals surface area contributed by atoms with Gasteiger partial charge in [-0.05, 0) is 29.8 Å². The average molecular weight is 352 g/mol. The third-order valence-electron chi connectivity index (χ3n) is 3.48. The Balaban J connectivity index is 2.73. The normalized spacial score (nSPS) is 10.5. The summed E-state index contributed by atoms with van der Waals surface area (Å²) in [7, 11) is 0. The summed E-state index contributed by atoms with van der Waals surface area (Å²) in [5.74, 6) is -3.60. The molecule has 26 heavy (non-hydrogen) atoms. The molecule has 7 nitrogen and oxygen atoms in total. The van der Waals surface area contributed by atoms with Crippen LogP contribution in [-0.4, -0.2) is 28.7 Å². The number of ketones is 1. The first kappa shape index (κ1) is 18.6. The summed E-state index contributed by atoms with van der Waals surface area (Å²) in [6.07, 6.45) is 2.50. The minimum absolute atomic E-state index is 0.0418. The number of primary amides is 1. The van der Waals surface area contributed by atoms with Gasteiger partial charge in [-0.25, -0.2) is 4.79 Å². The fourth-order valence-electron chi connectivity index (χ4n) is 2.36. The summed E-state index contributed by atoms with van der Waals surface area (Å²) in [5, 5.41) is 9.43. The summed E-state index contributed by atoms with van der Waals surface area (Å²) in [4.78, 5) is 47.9. The molecule has 7 heteroatoms. The molecule has 2 aromatic carbocycles. The van der Waals surface area contributed by atoms with Crippen LogP contribution in [0.15, 0.2) is 54.6 Å². The smallest absolute Gasteiger partial charge is 0.337 e. The van der Waals surface area contributed by atoms with Crippen molar-refractivity contribution in [2.45, 2.75) is 6.92 Å². The van der Waals surface area contributed by atoms with E-state index in [1.54, 1.807) is 30.3 Å². The van der Waals surface area contributed by atoms with Crippen molar-refractivity contribution in [2.75, 3.05) is 4.90 Å². The van der Waals surface area contributed by atoms with Crippen LogP contribution >= 0.6 is 0 Å². The SMILES string of the molecule is CC(=O)C(=O)N(c1ccccc1/C=C/C(N)=O)c1ccccc1C(=O)O. The van der Waals surface area contributed by atoms with Gasteiger partial charge in [-0.15, -0.1) is 0 Å². The lowest BCUT2D eigenvalue weighted by molar-refractivity contribution is -0.134. The zero-order valence-corrected chi connectivity index (χ0v) is 13.9. The molecular weight excluding hydrogens is 336 g/mol. The molecule has 3 N–H and O–H groups in total. The molecule has 0 aliphatic heterocycles. The summed E-state index contributed by atoms with van der Waals surface area (Å²) >= 11 is 0. The highest BCUT2D eigenvalue weighted by molar-refractivity contribution is 6.42. The minimum Gasteiger partial charge on any atom is -0.478 e. The van der Waals surface area contributed by atoms with Crippen LogP contribution in [0.1, 0.15) is 22.8 Å². The van der Waals surface area contributed by atoms with Crippen LogP contribution in [0.4, 0.5) is 11.4 Å². The quantitative estimate of drug-likeness (QED) is 0.610. The van der Waals surface area contributed by atoms with E-state index in [1.807, 2.05) is 0 Å². The predicted molar refractivity (Wildman–Crippen MR) is 95.9 cm³/mol. The standard InChI is InChI=1S/C19H16N2O5/c1-12(22)18(24)21(16-9-5-3-7-14(16)19(25)26)15-8-4-2-6-13(15)10-11-17(20)23/h2-11H,1H3,(H2,20,23)(H,25,26)/b11-10+. The van der Waals surface area contributed by atoms with Crippen LogP contribution < -0.4 is 10.6 Å². The Kier molecular flexibility index (Phi) is 5.64. The Morgan fingerprint density at radius 1 is 0.962 bits per heavy atom. The number of aromatic carboxylic acids is 1. The molecule has 0 fully saturated rings. The van der Waals surface area contributed by atoms with Gasteiger partial charge in [0.1, 0.15) is 0 Å². The number of Topliss-reactive ketones (excluding diaryl/α,β-unsaturated/α-hetero) is 1. The maximum Gasteiger partial charge on any atom is 0.337 e. The van der Waals surface area contributed by atoms with E-state index < -0.39 is 23.6 Å². The van der Waals surface area contributed by atoms with Gasteiger partial charge in [0, 0.05) is 13.0 Å². The van der Waals surface area contributed by atoms with Crippen molar-refractivity contribution in [3.63, 3.8) is 0 Å². The van der Waals surface area contributed by atoms with Crippen molar-refractivity contribution < 1.29 is 24.3 Å². The van der Waals surface area contributed by atoms with Crippen LogP contribution in [0, 0.1) is 0 Å². The molecule has 2 amide bonds. The zero-order chi connectivity index (χ0) is 19.3. The highest BCUT2D eigenvalue weighted by Gasteiger charge is 2.27. The lowest BCUT2D eigenvalue weighted by Crippen LogP contribution is -2.33. The molecule has 0 aliphatic carbocycles. The number of carbonyl (C=O) groups is 4. The van der Waals surface area contributed by atoms with E-state index in [-0.39, 0.29) is 16.9 Å². The number of benzene rings is 2. The van der Waals surface area contributed by atoms with Gasteiger partial charge in [0.05, 0.1) is 16.9 Å². The monoisotopic (exact) mass is 352 g/mol. The molecule has 0 aromatic heterocycles. The second-order valence-corrected chi connectivity index (χ2v) is 5.31. The molecule has 2 aromatic rings. The first-order valence-corrected chi connectivity index (χ1v) is 7.56. The van der Waals surface area contributed by atoms with Crippen LogP contribution in [0.2, 0.25) is 0 Å². The lowest BCUT2D eigenvalue weighted by Gasteiger charge is -2.25. The van der Waals surface area contributed by atoms with E-state index in [9.17, 15) is 24.3 Å². The highest BCUT2D eigenvalue weighted by Crippen LogP contribution is 2.32. The van der Waals surface area contributed by atoms with Gasteiger partial charge >= 0.3 is 5.97 Å². The minimum atomic E-state index is -1.24. The number of nitrogens with two attached hydrogens (primary N) is 1. The van der Waals surface area contributed by atoms with Crippen molar-refractivity contribution >= 4 is 41.0 Å². The van der Waals surface area contributed by atoms with Gasteiger partial charge in [0.2, 0.25) is 11.7 Å². The average Bonchev–Trinajstić information content (AvgIpc) is 2.61. The van der Waals surface area contributed by atoms with Crippen molar-refractivity contribution in [3.05, 3.63) is 65.7 Å². The number of para-hydroxylation sites is 2. The van der Waals surface area contributed by atoms with E-state index in [0.29, 0.717) is 5.56 Å². The molecule has 0 spiro atoms. The van der Waals surface area contributed by atoms with E-state index in [4.69, 9.17) is 5.73 Å². The number of carbonyl (C=O) groups excluding carboxylic acids is 3. The Labute approximate surface area is 149 Å². The molecule has 2 rings (SSSR count). The van der Waals surface area contributed by atoms with E-state index in [2.05, 4.69) is 0 Å². The van der Waals surface area contributed by atoms with E-state index in [1.165, 1.54) is 24.3 Å². The second kappa shape index (κ2) is 7.89. The molecule has 0 saturated carbocycles. The Morgan fingerprint density at radius 3 is 2.12 bits per heavy atom. The Bertz CT molecular complexity index is 918. The molecule has 0 heterocycles. The number of anilines is 2. The number of carboxylic acid groups (broad SMARTS) is 1. The van der Waals surface area contributed by atoms with Crippen LogP contribution in [0.3, 0.4) is 0 Å². The third-order valence-corrected chi connectivity index (χ3v) is 3.48. The largest absolute Gasteiger partial charge is 0.478 e. The second-order valence-electron chi connectivity index (χ2n) is 5.31. The van der Waals surface area contributed by atoms with Gasteiger partial charge in [0.25, 0.3) is 5.91 Å². The van der Waals surface area contributed by atoms with Crippen LogP contribution in [0.25, 0.3) is 6.08 Å². The maximum absolute atomic E-state index is 12.6. The molecule has 0 saturated heterocycles. The molecule has 0 aliphatic rings. The fourth-order valence-corrected chi connectivity index (χ4v) is 2.36. The van der Waals surface area contributed by atoms with Crippen molar-refractivity contribution in [3.8, 4) is 0 Å². The van der Waals surface area contributed by atoms with Gasteiger partial charge in [0.15, 0.2) is 0 Å². The number of nitrogens with zero attached hydrogens (tertiary/aromatic N) is 1. The Morgan fingerprint density at radius 2 is 1.54 bits per heavy atom. The fraction of sp³-hybridized carbons (Fsp3) is 0.0526. The summed E-state index contributed by atoms with van der Waals surface area (Å²) < 4.78 is 0. The van der Waals surface area contributed by atoms with Gasteiger partial charge < -0.3 is 10.8 Å². The summed E-state index contributed by atoms with van der Waals surface area (Å²) in [5.41, 5.74) is 5.68. The topological polar surface area (TPSA) is 118 Å². The van der Waals surface area contributed by atoms with Gasteiger partial charge in [-0.3, -0.25) is 19.3 Å². The molecule has 0 unspecified atom stereocenters. The van der Waals surface area contributed by atoms with E-state index >= 15 is 0 Å². The zero-order valence-electron chi connectivity index (χ0n) is 13.9. The van der Waals surface area contributed by atoms with E-state index in [0.717, 1.165) is 17.9 Å². The first-order chi connectivity index (χ1) is 12.3. The molecule has 132 valence electrons. The lowest BCUT2D eigenvalue weighted by atomic mass is 10.1. The van der Waals surface area contributed by atoms with Crippen LogP contribution in [0.5, 0.6) is 0 Å².